The van der Waals surface area contributed by atoms with Crippen molar-refractivity contribution in [3.8, 4) is 22.5 Å². The average Bonchev–Trinajstić information content (AvgIpc) is 3.35. The second-order valence-electron chi connectivity index (χ2n) is 8.31. The molecule has 1 saturated carbocycles. The topological polar surface area (TPSA) is 113 Å². The zero-order valence-corrected chi connectivity index (χ0v) is 18.3. The number of imidazole rings is 1. The number of hydrogen-bond donors (Lipinski definition) is 3. The van der Waals surface area contributed by atoms with Gasteiger partial charge in [-0.05, 0) is 43.2 Å². The summed E-state index contributed by atoms with van der Waals surface area (Å²) in [6.45, 7) is 0.537. The fourth-order valence-electron chi connectivity index (χ4n) is 3.83. The van der Waals surface area contributed by atoms with Crippen molar-refractivity contribution >= 4 is 17.4 Å². The van der Waals surface area contributed by atoms with Gasteiger partial charge in [-0.3, -0.25) is 19.3 Å². The molecule has 0 atom stereocenters. The van der Waals surface area contributed by atoms with E-state index in [1.54, 1.807) is 18.6 Å². The minimum Gasteiger partial charge on any atom is -0.361 e. The number of hydrogen-bond acceptors (Lipinski definition) is 6. The summed E-state index contributed by atoms with van der Waals surface area (Å²) >= 11 is 0. The van der Waals surface area contributed by atoms with E-state index in [0.29, 0.717) is 29.6 Å². The van der Waals surface area contributed by atoms with E-state index in [1.165, 1.54) is 0 Å². The SMILES string of the molecule is O=C(NC1CC1)c1ccc(-c2cnc3c(NCc4ccn[nH]4)nc(-c4ccncc4)cn23)cc1. The molecule has 6 rings (SSSR count). The molecule has 5 aromatic rings. The maximum Gasteiger partial charge on any atom is 0.251 e. The van der Waals surface area contributed by atoms with Gasteiger partial charge in [0.2, 0.25) is 0 Å². The van der Waals surface area contributed by atoms with Crippen molar-refractivity contribution in [1.82, 2.24) is 34.9 Å². The fraction of sp³-hybridized carbons (Fsp3) is 0.160. The lowest BCUT2D eigenvalue weighted by Crippen LogP contribution is -2.25. The quantitative estimate of drug-likeness (QED) is 0.349. The first-order valence-corrected chi connectivity index (χ1v) is 11.2. The summed E-state index contributed by atoms with van der Waals surface area (Å²) in [4.78, 5) is 26.0. The number of aromatic nitrogens is 6. The van der Waals surface area contributed by atoms with Gasteiger partial charge < -0.3 is 10.6 Å². The number of carbonyl (C=O) groups is 1. The molecular weight excluding hydrogens is 428 g/mol. The molecule has 1 aliphatic carbocycles. The van der Waals surface area contributed by atoms with E-state index in [4.69, 9.17) is 4.98 Å². The van der Waals surface area contributed by atoms with Crippen molar-refractivity contribution < 1.29 is 4.79 Å². The van der Waals surface area contributed by atoms with Crippen LogP contribution < -0.4 is 10.6 Å². The van der Waals surface area contributed by atoms with Crippen LogP contribution in [0.3, 0.4) is 0 Å². The van der Waals surface area contributed by atoms with Gasteiger partial charge in [-0.2, -0.15) is 5.10 Å². The monoisotopic (exact) mass is 450 g/mol. The largest absolute Gasteiger partial charge is 0.361 e. The molecule has 0 unspecified atom stereocenters. The normalized spacial score (nSPS) is 13.2. The smallest absolute Gasteiger partial charge is 0.251 e. The van der Waals surface area contributed by atoms with Gasteiger partial charge in [0.1, 0.15) is 0 Å². The minimum atomic E-state index is -0.0262. The first-order chi connectivity index (χ1) is 16.7. The first kappa shape index (κ1) is 20.1. The van der Waals surface area contributed by atoms with Crippen molar-refractivity contribution in [2.24, 2.45) is 0 Å². The first-order valence-electron chi connectivity index (χ1n) is 11.2. The van der Waals surface area contributed by atoms with Crippen LogP contribution >= 0.6 is 0 Å². The van der Waals surface area contributed by atoms with E-state index in [1.807, 2.05) is 59.3 Å². The molecule has 1 fully saturated rings. The summed E-state index contributed by atoms with van der Waals surface area (Å²) in [6.07, 6.45) is 11.1. The summed E-state index contributed by atoms with van der Waals surface area (Å²) in [5.41, 5.74) is 5.93. The number of carbonyl (C=O) groups excluding carboxylic acids is 1. The van der Waals surface area contributed by atoms with Crippen molar-refractivity contribution in [3.05, 3.63) is 84.7 Å². The summed E-state index contributed by atoms with van der Waals surface area (Å²) in [5.74, 6) is 0.636. The highest BCUT2D eigenvalue weighted by Crippen LogP contribution is 2.28. The molecule has 0 spiro atoms. The maximum atomic E-state index is 12.4. The molecule has 1 aromatic carbocycles. The lowest BCUT2D eigenvalue weighted by Gasteiger charge is -2.11. The number of amides is 1. The Labute approximate surface area is 195 Å². The number of rotatable bonds is 7. The van der Waals surface area contributed by atoms with Crippen LogP contribution in [0.25, 0.3) is 28.2 Å². The number of nitrogens with one attached hydrogen (secondary N) is 3. The molecule has 1 amide bonds. The molecule has 4 heterocycles. The number of aromatic amines is 1. The Kier molecular flexibility index (Phi) is 4.99. The molecule has 0 radical (unpaired) electrons. The van der Waals surface area contributed by atoms with Crippen molar-refractivity contribution in [3.63, 3.8) is 0 Å². The van der Waals surface area contributed by atoms with E-state index < -0.39 is 0 Å². The highest BCUT2D eigenvalue weighted by atomic mass is 16.1. The number of pyridine rings is 1. The van der Waals surface area contributed by atoms with E-state index in [2.05, 4.69) is 30.8 Å². The van der Waals surface area contributed by atoms with Crippen LogP contribution in [0.5, 0.6) is 0 Å². The second-order valence-corrected chi connectivity index (χ2v) is 8.31. The molecule has 0 saturated heterocycles. The van der Waals surface area contributed by atoms with Crippen LogP contribution in [-0.2, 0) is 6.54 Å². The zero-order valence-electron chi connectivity index (χ0n) is 18.3. The van der Waals surface area contributed by atoms with Crippen LogP contribution in [0.15, 0.2) is 73.4 Å². The molecule has 9 nitrogen and oxygen atoms in total. The number of anilines is 1. The third kappa shape index (κ3) is 3.99. The lowest BCUT2D eigenvalue weighted by molar-refractivity contribution is 0.0951. The van der Waals surface area contributed by atoms with Gasteiger partial charge in [0.05, 0.1) is 29.8 Å². The Morgan fingerprint density at radius 1 is 1.03 bits per heavy atom. The number of nitrogens with zero attached hydrogens (tertiary/aromatic N) is 5. The summed E-state index contributed by atoms with van der Waals surface area (Å²) in [6, 6.07) is 13.7. The fourth-order valence-corrected chi connectivity index (χ4v) is 3.83. The second kappa shape index (κ2) is 8.43. The van der Waals surface area contributed by atoms with Crippen molar-refractivity contribution in [2.45, 2.75) is 25.4 Å². The van der Waals surface area contributed by atoms with E-state index in [9.17, 15) is 4.79 Å². The van der Waals surface area contributed by atoms with E-state index in [-0.39, 0.29) is 5.91 Å². The number of benzene rings is 1. The van der Waals surface area contributed by atoms with Gasteiger partial charge in [0.15, 0.2) is 11.5 Å². The predicted octanol–water partition coefficient (Wildman–Crippen LogP) is 3.69. The number of H-pyrrole nitrogens is 1. The van der Waals surface area contributed by atoms with E-state index >= 15 is 0 Å². The van der Waals surface area contributed by atoms with Gasteiger partial charge in [0.25, 0.3) is 5.91 Å². The molecule has 4 aromatic heterocycles. The highest BCUT2D eigenvalue weighted by molar-refractivity contribution is 5.95. The molecule has 34 heavy (non-hydrogen) atoms. The van der Waals surface area contributed by atoms with Gasteiger partial charge in [-0.25, -0.2) is 9.97 Å². The predicted molar refractivity (Wildman–Crippen MR) is 128 cm³/mol. The molecule has 9 heteroatoms. The standard InChI is InChI=1S/C25H22N8O/c34-25(30-19-5-6-19)18-3-1-17(2-4-18)22-14-28-24-23(27-13-20-9-12-29-32-20)31-21(15-33(22)24)16-7-10-26-11-8-16/h1-4,7-12,14-15,19H,5-6,13H2,(H,27,31)(H,29,32)(H,30,34). The molecule has 168 valence electrons. The van der Waals surface area contributed by atoms with Gasteiger partial charge >= 0.3 is 0 Å². The minimum absolute atomic E-state index is 0.0262. The van der Waals surface area contributed by atoms with Gasteiger partial charge in [0, 0.05) is 47.5 Å². The Morgan fingerprint density at radius 2 is 1.85 bits per heavy atom. The van der Waals surface area contributed by atoms with Gasteiger partial charge in [-0.15, -0.1) is 0 Å². The molecule has 0 aliphatic heterocycles. The lowest BCUT2D eigenvalue weighted by atomic mass is 10.1. The average molecular weight is 451 g/mol. The third-order valence-electron chi connectivity index (χ3n) is 5.83. The summed E-state index contributed by atoms with van der Waals surface area (Å²) < 4.78 is 2.03. The van der Waals surface area contributed by atoms with Crippen LogP contribution in [-0.4, -0.2) is 41.5 Å². The molecule has 1 aliphatic rings. The Hall–Kier alpha value is -4.53. The van der Waals surface area contributed by atoms with Crippen LogP contribution in [0.1, 0.15) is 28.9 Å². The van der Waals surface area contributed by atoms with E-state index in [0.717, 1.165) is 41.1 Å². The molecule has 3 N–H and O–H groups in total. The molecular formula is C25H22N8O. The Bertz CT molecular complexity index is 1440. The van der Waals surface area contributed by atoms with Crippen LogP contribution in [0, 0.1) is 0 Å². The summed E-state index contributed by atoms with van der Waals surface area (Å²) in [7, 11) is 0. The molecule has 0 bridgehead atoms. The van der Waals surface area contributed by atoms with Crippen LogP contribution in [0.4, 0.5) is 5.82 Å². The van der Waals surface area contributed by atoms with Crippen molar-refractivity contribution in [2.75, 3.05) is 5.32 Å². The summed E-state index contributed by atoms with van der Waals surface area (Å²) in [5, 5.41) is 13.4. The maximum absolute atomic E-state index is 12.4. The van der Waals surface area contributed by atoms with Crippen molar-refractivity contribution in [1.29, 1.82) is 0 Å². The Morgan fingerprint density at radius 3 is 2.59 bits per heavy atom. The Balaban J connectivity index is 1.38. The van der Waals surface area contributed by atoms with Gasteiger partial charge in [-0.1, -0.05) is 12.1 Å². The van der Waals surface area contributed by atoms with Crippen LogP contribution in [0.2, 0.25) is 0 Å². The number of fused-ring (bicyclic) bond motifs is 1. The zero-order chi connectivity index (χ0) is 22.9. The highest BCUT2D eigenvalue weighted by Gasteiger charge is 2.23. The third-order valence-corrected chi connectivity index (χ3v) is 5.83.